The Kier molecular flexibility index (Phi) is 3.66. The number of methoxy groups -OCH3 is 1. The molecule has 0 amide bonds. The molecule has 1 heterocycles. The van der Waals surface area contributed by atoms with Gasteiger partial charge < -0.3 is 14.7 Å². The third-order valence-corrected chi connectivity index (χ3v) is 3.11. The van der Waals surface area contributed by atoms with Crippen molar-refractivity contribution >= 4 is 17.3 Å². The highest BCUT2D eigenvalue weighted by molar-refractivity contribution is 5.95. The van der Waals surface area contributed by atoms with Crippen LogP contribution in [0.4, 0.5) is 11.4 Å². The van der Waals surface area contributed by atoms with E-state index in [0.717, 1.165) is 0 Å². The van der Waals surface area contributed by atoms with Crippen LogP contribution >= 0.6 is 0 Å². The molecule has 0 bridgehead atoms. The van der Waals surface area contributed by atoms with Gasteiger partial charge in [-0.15, -0.1) is 0 Å². The first-order valence-electron chi connectivity index (χ1n) is 5.82. The normalized spacial score (nSPS) is 18.4. The van der Waals surface area contributed by atoms with Crippen LogP contribution in [0, 0.1) is 10.1 Å². The molecule has 2 rings (SSSR count). The number of hydrogen-bond donors (Lipinski definition) is 1. The van der Waals surface area contributed by atoms with Gasteiger partial charge in [-0.25, -0.2) is 4.79 Å². The molecule has 0 aromatic heterocycles. The smallest absolute Gasteiger partial charge is 0.344 e. The molecular formula is C12H14N2O5. The zero-order chi connectivity index (χ0) is 14.0. The van der Waals surface area contributed by atoms with Gasteiger partial charge in [0.2, 0.25) is 0 Å². The SMILES string of the molecule is COC(=O)c1cc(N2CC[C@H](O)C2)ccc1[N+](=O)[O-]. The Morgan fingerprint density at radius 3 is 2.84 bits per heavy atom. The van der Waals surface area contributed by atoms with Gasteiger partial charge in [0.25, 0.3) is 5.69 Å². The summed E-state index contributed by atoms with van der Waals surface area (Å²) in [4.78, 5) is 23.7. The fourth-order valence-electron chi connectivity index (χ4n) is 2.13. The number of aliphatic hydroxyl groups excluding tert-OH is 1. The molecule has 1 aromatic carbocycles. The number of nitro groups is 1. The molecule has 7 heteroatoms. The Balaban J connectivity index is 2.38. The minimum absolute atomic E-state index is 0.0774. The van der Waals surface area contributed by atoms with Crippen LogP contribution in [-0.2, 0) is 4.74 Å². The van der Waals surface area contributed by atoms with E-state index in [0.29, 0.717) is 25.2 Å². The van der Waals surface area contributed by atoms with Crippen LogP contribution in [0.15, 0.2) is 18.2 Å². The fraction of sp³-hybridized carbons (Fsp3) is 0.417. The van der Waals surface area contributed by atoms with E-state index in [1.54, 1.807) is 6.07 Å². The zero-order valence-electron chi connectivity index (χ0n) is 10.4. The van der Waals surface area contributed by atoms with Gasteiger partial charge in [-0.05, 0) is 18.6 Å². The maximum atomic E-state index is 11.6. The van der Waals surface area contributed by atoms with Crippen molar-refractivity contribution in [3.05, 3.63) is 33.9 Å². The maximum Gasteiger partial charge on any atom is 0.344 e. The van der Waals surface area contributed by atoms with E-state index in [2.05, 4.69) is 4.74 Å². The van der Waals surface area contributed by atoms with Gasteiger partial charge in [0.05, 0.1) is 18.1 Å². The second-order valence-electron chi connectivity index (χ2n) is 4.34. The second kappa shape index (κ2) is 5.23. The molecule has 1 N–H and O–H groups in total. The van der Waals surface area contributed by atoms with Crippen molar-refractivity contribution in [3.8, 4) is 0 Å². The largest absolute Gasteiger partial charge is 0.465 e. The van der Waals surface area contributed by atoms with Crippen molar-refractivity contribution in [2.75, 3.05) is 25.1 Å². The van der Waals surface area contributed by atoms with Gasteiger partial charge in [0.1, 0.15) is 5.56 Å². The first-order valence-corrected chi connectivity index (χ1v) is 5.82. The number of esters is 1. The average Bonchev–Trinajstić information content (AvgIpc) is 2.83. The molecule has 7 nitrogen and oxygen atoms in total. The number of nitrogens with zero attached hydrogens (tertiary/aromatic N) is 2. The predicted octanol–water partition coefficient (Wildman–Crippen LogP) is 0.952. The minimum Gasteiger partial charge on any atom is -0.465 e. The van der Waals surface area contributed by atoms with Gasteiger partial charge in [-0.2, -0.15) is 0 Å². The van der Waals surface area contributed by atoms with Crippen LogP contribution in [0.3, 0.4) is 0 Å². The number of anilines is 1. The van der Waals surface area contributed by atoms with Crippen molar-refractivity contribution in [2.24, 2.45) is 0 Å². The van der Waals surface area contributed by atoms with Crippen LogP contribution in [0.1, 0.15) is 16.8 Å². The van der Waals surface area contributed by atoms with Crippen LogP contribution in [0.25, 0.3) is 0 Å². The lowest BCUT2D eigenvalue weighted by atomic mass is 10.1. The fourth-order valence-corrected chi connectivity index (χ4v) is 2.13. The number of nitro benzene ring substituents is 1. The summed E-state index contributed by atoms with van der Waals surface area (Å²) in [5, 5.41) is 20.4. The number of rotatable bonds is 3. The summed E-state index contributed by atoms with van der Waals surface area (Å²) >= 11 is 0. The molecule has 1 aliphatic rings. The summed E-state index contributed by atoms with van der Waals surface area (Å²) in [6.45, 7) is 1.11. The van der Waals surface area contributed by atoms with E-state index >= 15 is 0 Å². The molecule has 0 saturated carbocycles. The van der Waals surface area contributed by atoms with Gasteiger partial charge in [-0.3, -0.25) is 10.1 Å². The molecule has 102 valence electrons. The number of aliphatic hydroxyl groups is 1. The van der Waals surface area contributed by atoms with Crippen LogP contribution in [0.2, 0.25) is 0 Å². The van der Waals surface area contributed by atoms with Crippen LogP contribution in [0.5, 0.6) is 0 Å². The summed E-state index contributed by atoms with van der Waals surface area (Å²) in [5.74, 6) is -0.742. The number of β-amino-alcohol motifs (C(OH)–C–C–N with tert-alkyl or cyclic N) is 1. The number of ether oxygens (including phenoxy) is 1. The number of carbonyl (C=O) groups excluding carboxylic acids is 1. The average molecular weight is 266 g/mol. The molecule has 0 radical (unpaired) electrons. The predicted molar refractivity (Wildman–Crippen MR) is 67.3 cm³/mol. The lowest BCUT2D eigenvalue weighted by Crippen LogP contribution is -2.21. The van der Waals surface area contributed by atoms with Crippen molar-refractivity contribution in [1.29, 1.82) is 0 Å². The zero-order valence-corrected chi connectivity index (χ0v) is 10.4. The first-order chi connectivity index (χ1) is 9.02. The molecular weight excluding hydrogens is 252 g/mol. The Labute approximate surface area is 109 Å². The topological polar surface area (TPSA) is 92.9 Å². The molecule has 19 heavy (non-hydrogen) atoms. The molecule has 1 aromatic rings. The van der Waals surface area contributed by atoms with Gasteiger partial charge >= 0.3 is 5.97 Å². The minimum atomic E-state index is -0.742. The Morgan fingerprint density at radius 2 is 2.32 bits per heavy atom. The summed E-state index contributed by atoms with van der Waals surface area (Å²) in [6, 6.07) is 4.29. The molecule has 0 spiro atoms. The lowest BCUT2D eigenvalue weighted by molar-refractivity contribution is -0.385. The third-order valence-electron chi connectivity index (χ3n) is 3.11. The quantitative estimate of drug-likeness (QED) is 0.497. The Bertz CT molecular complexity index is 517. The lowest BCUT2D eigenvalue weighted by Gasteiger charge is -2.18. The van der Waals surface area contributed by atoms with Crippen molar-refractivity contribution in [2.45, 2.75) is 12.5 Å². The van der Waals surface area contributed by atoms with Crippen molar-refractivity contribution < 1.29 is 19.6 Å². The van der Waals surface area contributed by atoms with E-state index in [1.165, 1.54) is 19.2 Å². The summed E-state index contributed by atoms with van der Waals surface area (Å²) in [6.07, 6.45) is 0.238. The monoisotopic (exact) mass is 266 g/mol. The standard InChI is InChI=1S/C12H14N2O5/c1-19-12(16)10-6-8(2-3-11(10)14(17)18)13-5-4-9(15)7-13/h2-3,6,9,15H,4-5,7H2,1H3/t9-/m0/s1. The van der Waals surface area contributed by atoms with E-state index in [4.69, 9.17) is 0 Å². The van der Waals surface area contributed by atoms with Gasteiger partial charge in [0, 0.05) is 24.8 Å². The number of benzene rings is 1. The van der Waals surface area contributed by atoms with E-state index in [-0.39, 0.29) is 11.3 Å². The van der Waals surface area contributed by atoms with Crippen molar-refractivity contribution in [3.63, 3.8) is 0 Å². The Hall–Kier alpha value is -2.15. The highest BCUT2D eigenvalue weighted by atomic mass is 16.6. The highest BCUT2D eigenvalue weighted by Crippen LogP contribution is 2.27. The van der Waals surface area contributed by atoms with Crippen molar-refractivity contribution in [1.82, 2.24) is 0 Å². The second-order valence-corrected chi connectivity index (χ2v) is 4.34. The van der Waals surface area contributed by atoms with Gasteiger partial charge in [-0.1, -0.05) is 0 Å². The molecule has 1 saturated heterocycles. The van der Waals surface area contributed by atoms with Crippen LogP contribution < -0.4 is 4.90 Å². The number of hydrogen-bond acceptors (Lipinski definition) is 6. The van der Waals surface area contributed by atoms with Gasteiger partial charge in [0.15, 0.2) is 0 Å². The third kappa shape index (κ3) is 2.65. The first kappa shape index (κ1) is 13.3. The summed E-state index contributed by atoms with van der Waals surface area (Å²) in [7, 11) is 1.18. The maximum absolute atomic E-state index is 11.6. The molecule has 0 unspecified atom stereocenters. The number of carbonyl (C=O) groups is 1. The summed E-state index contributed by atoms with van der Waals surface area (Å²) < 4.78 is 4.55. The molecule has 1 fully saturated rings. The molecule has 1 atom stereocenters. The molecule has 0 aliphatic carbocycles. The molecule has 1 aliphatic heterocycles. The van der Waals surface area contributed by atoms with Crippen LogP contribution in [-0.4, -0.2) is 42.3 Å². The van der Waals surface area contributed by atoms with E-state index in [1.807, 2.05) is 4.90 Å². The van der Waals surface area contributed by atoms with E-state index < -0.39 is 17.0 Å². The highest BCUT2D eigenvalue weighted by Gasteiger charge is 2.25. The Morgan fingerprint density at radius 1 is 1.58 bits per heavy atom. The summed E-state index contributed by atoms with van der Waals surface area (Å²) in [5.41, 5.74) is 0.310. The van der Waals surface area contributed by atoms with E-state index in [9.17, 15) is 20.0 Å².